The number of benzene rings is 6. The second kappa shape index (κ2) is 8.61. The van der Waals surface area contributed by atoms with Crippen molar-refractivity contribution < 1.29 is 0 Å². The lowest BCUT2D eigenvalue weighted by Crippen LogP contribution is -2.15. The summed E-state index contributed by atoms with van der Waals surface area (Å²) in [7, 11) is 0. The maximum Gasteiger partial charge on any atom is 0.0990 e. The van der Waals surface area contributed by atoms with Gasteiger partial charge in [0.25, 0.3) is 0 Å². The quantitative estimate of drug-likeness (QED) is 0.223. The summed E-state index contributed by atoms with van der Waals surface area (Å²) in [6.45, 7) is 4.44. The molecule has 0 atom stereocenters. The van der Waals surface area contributed by atoms with E-state index in [2.05, 4.69) is 129 Å². The van der Waals surface area contributed by atoms with E-state index in [0.29, 0.717) is 0 Å². The highest BCUT2D eigenvalue weighted by Crippen LogP contribution is 2.46. The highest BCUT2D eigenvalue weighted by atomic mass is 32.2. The topological polar surface area (TPSA) is 12.4 Å². The molecule has 0 bridgehead atoms. The van der Waals surface area contributed by atoms with Crippen molar-refractivity contribution >= 4 is 49.1 Å². The molecule has 6 aromatic carbocycles. The number of nitrogens with zero attached hydrogens (tertiary/aromatic N) is 1. The number of rotatable bonds is 3. The minimum atomic E-state index is -0.0144. The third kappa shape index (κ3) is 3.67. The molecule has 0 aromatic heterocycles. The van der Waals surface area contributed by atoms with Gasteiger partial charge in [0.2, 0.25) is 0 Å². The summed E-state index contributed by atoms with van der Waals surface area (Å²) < 4.78 is 0. The standard InChI is InChI=1S/C35H27NS/c1-35(2)22-37-34(36-35)31-21-20-30(24-14-6-7-15-25(24)31)33-28-18-10-8-16-26(28)32(23-12-4-3-5-13-23)27-17-9-11-19-29(27)33/h3-21H,22H2,1-2H3. The Bertz CT molecular complexity index is 1790. The Morgan fingerprint density at radius 3 is 1.51 bits per heavy atom. The Labute approximate surface area is 221 Å². The lowest BCUT2D eigenvalue weighted by Gasteiger charge is -2.19. The van der Waals surface area contributed by atoms with Crippen LogP contribution in [0.25, 0.3) is 54.6 Å². The van der Waals surface area contributed by atoms with Crippen molar-refractivity contribution in [1.82, 2.24) is 0 Å². The molecule has 37 heavy (non-hydrogen) atoms. The third-order valence-electron chi connectivity index (χ3n) is 7.38. The minimum Gasteiger partial charge on any atom is -0.271 e. The molecule has 1 aliphatic rings. The second-order valence-corrected chi connectivity index (χ2v) is 11.4. The summed E-state index contributed by atoms with van der Waals surface area (Å²) in [5, 5.41) is 8.83. The van der Waals surface area contributed by atoms with Crippen molar-refractivity contribution in [3.05, 3.63) is 121 Å². The molecule has 0 unspecified atom stereocenters. The monoisotopic (exact) mass is 493 g/mol. The van der Waals surface area contributed by atoms with Gasteiger partial charge in [0, 0.05) is 11.3 Å². The van der Waals surface area contributed by atoms with E-state index >= 15 is 0 Å². The van der Waals surface area contributed by atoms with E-state index in [0.717, 1.165) is 10.8 Å². The van der Waals surface area contributed by atoms with Crippen molar-refractivity contribution in [3.63, 3.8) is 0 Å². The molecule has 0 saturated heterocycles. The third-order valence-corrected chi connectivity index (χ3v) is 8.82. The molecular formula is C35H27NS. The van der Waals surface area contributed by atoms with Gasteiger partial charge in [-0.1, -0.05) is 115 Å². The van der Waals surface area contributed by atoms with E-state index < -0.39 is 0 Å². The highest BCUT2D eigenvalue weighted by Gasteiger charge is 2.27. The summed E-state index contributed by atoms with van der Waals surface area (Å²) in [5.41, 5.74) is 6.35. The van der Waals surface area contributed by atoms with Crippen molar-refractivity contribution in [2.75, 3.05) is 5.75 Å². The summed E-state index contributed by atoms with van der Waals surface area (Å²) in [6.07, 6.45) is 0. The van der Waals surface area contributed by atoms with Gasteiger partial charge in [-0.2, -0.15) is 0 Å². The van der Waals surface area contributed by atoms with Gasteiger partial charge in [0.05, 0.1) is 10.6 Å². The Kier molecular flexibility index (Phi) is 5.19. The Hall–Kier alpha value is -3.88. The van der Waals surface area contributed by atoms with Gasteiger partial charge in [0.1, 0.15) is 0 Å². The first kappa shape index (κ1) is 22.3. The van der Waals surface area contributed by atoms with Gasteiger partial charge in [-0.25, -0.2) is 0 Å². The van der Waals surface area contributed by atoms with E-state index in [-0.39, 0.29) is 5.54 Å². The molecule has 0 saturated carbocycles. The van der Waals surface area contributed by atoms with Crippen LogP contribution in [-0.2, 0) is 0 Å². The van der Waals surface area contributed by atoms with Crippen molar-refractivity contribution in [3.8, 4) is 22.3 Å². The van der Waals surface area contributed by atoms with E-state index in [1.54, 1.807) is 0 Å². The van der Waals surface area contributed by atoms with E-state index in [4.69, 9.17) is 4.99 Å². The van der Waals surface area contributed by atoms with Gasteiger partial charge in [0.15, 0.2) is 0 Å². The predicted octanol–water partition coefficient (Wildman–Crippen LogP) is 9.75. The largest absolute Gasteiger partial charge is 0.271 e. The van der Waals surface area contributed by atoms with E-state index in [1.165, 1.54) is 60.1 Å². The van der Waals surface area contributed by atoms with Crippen LogP contribution in [0.15, 0.2) is 120 Å². The van der Waals surface area contributed by atoms with Gasteiger partial charge < -0.3 is 0 Å². The van der Waals surface area contributed by atoms with E-state index in [9.17, 15) is 0 Å². The zero-order valence-corrected chi connectivity index (χ0v) is 21.8. The molecule has 1 nitrogen and oxygen atoms in total. The molecule has 0 fully saturated rings. The first-order valence-electron chi connectivity index (χ1n) is 12.8. The fourth-order valence-electron chi connectivity index (χ4n) is 5.76. The average molecular weight is 494 g/mol. The number of aliphatic imine (C=N–C) groups is 1. The molecule has 178 valence electrons. The fourth-order valence-corrected chi connectivity index (χ4v) is 6.96. The molecule has 0 aliphatic carbocycles. The van der Waals surface area contributed by atoms with Crippen molar-refractivity contribution in [1.29, 1.82) is 0 Å². The van der Waals surface area contributed by atoms with Crippen LogP contribution in [0.3, 0.4) is 0 Å². The van der Waals surface area contributed by atoms with Crippen molar-refractivity contribution in [2.24, 2.45) is 4.99 Å². The fraction of sp³-hybridized carbons (Fsp3) is 0.114. The predicted molar refractivity (Wildman–Crippen MR) is 163 cm³/mol. The van der Waals surface area contributed by atoms with Gasteiger partial charge in [-0.15, -0.1) is 11.8 Å². The summed E-state index contributed by atoms with van der Waals surface area (Å²) in [6, 6.07) is 42.0. The second-order valence-electron chi connectivity index (χ2n) is 10.4. The lowest BCUT2D eigenvalue weighted by molar-refractivity contribution is 0.605. The molecule has 0 N–H and O–H groups in total. The zero-order valence-electron chi connectivity index (χ0n) is 21.0. The molecule has 0 amide bonds. The van der Waals surface area contributed by atoms with Crippen LogP contribution in [0.1, 0.15) is 19.4 Å². The van der Waals surface area contributed by atoms with Crippen LogP contribution in [0.2, 0.25) is 0 Å². The maximum atomic E-state index is 5.07. The molecule has 0 radical (unpaired) electrons. The normalized spacial score (nSPS) is 14.9. The first-order chi connectivity index (χ1) is 18.1. The summed E-state index contributed by atoms with van der Waals surface area (Å²) in [5.74, 6) is 1.02. The molecule has 1 heterocycles. The number of hydrogen-bond donors (Lipinski definition) is 0. The average Bonchev–Trinajstić information content (AvgIpc) is 3.31. The Balaban J connectivity index is 1.59. The zero-order chi connectivity index (χ0) is 25.0. The number of hydrogen-bond acceptors (Lipinski definition) is 2. The Morgan fingerprint density at radius 2 is 0.973 bits per heavy atom. The summed E-state index contributed by atoms with van der Waals surface area (Å²) >= 11 is 1.87. The molecule has 7 rings (SSSR count). The molecule has 6 aromatic rings. The molecule has 0 spiro atoms. The SMILES string of the molecule is CC1(C)CSC(c2ccc(-c3c4ccccc4c(-c4ccccc4)c4ccccc34)c3ccccc23)=N1. The number of fused-ring (bicyclic) bond motifs is 3. The molecule has 1 aliphatic heterocycles. The van der Waals surface area contributed by atoms with Crippen LogP contribution in [0.5, 0.6) is 0 Å². The van der Waals surface area contributed by atoms with Crippen LogP contribution < -0.4 is 0 Å². The van der Waals surface area contributed by atoms with Crippen LogP contribution in [0.4, 0.5) is 0 Å². The summed E-state index contributed by atoms with van der Waals surface area (Å²) in [4.78, 5) is 5.07. The minimum absolute atomic E-state index is 0.0144. The van der Waals surface area contributed by atoms with Gasteiger partial charge in [-0.05, 0) is 68.4 Å². The van der Waals surface area contributed by atoms with Crippen LogP contribution in [0, 0.1) is 0 Å². The first-order valence-corrected chi connectivity index (χ1v) is 13.8. The van der Waals surface area contributed by atoms with E-state index in [1.807, 2.05) is 11.8 Å². The van der Waals surface area contributed by atoms with Crippen molar-refractivity contribution in [2.45, 2.75) is 19.4 Å². The Morgan fingerprint density at radius 1 is 0.514 bits per heavy atom. The highest BCUT2D eigenvalue weighted by molar-refractivity contribution is 8.14. The molecule has 2 heteroatoms. The maximum absolute atomic E-state index is 5.07. The smallest absolute Gasteiger partial charge is 0.0990 e. The van der Waals surface area contributed by atoms with Gasteiger partial charge >= 0.3 is 0 Å². The van der Waals surface area contributed by atoms with Crippen LogP contribution >= 0.6 is 11.8 Å². The van der Waals surface area contributed by atoms with Gasteiger partial charge in [-0.3, -0.25) is 4.99 Å². The number of thioether (sulfide) groups is 1. The lowest BCUT2D eigenvalue weighted by atomic mass is 9.84. The van der Waals surface area contributed by atoms with Crippen LogP contribution in [-0.4, -0.2) is 16.3 Å². The molecular weight excluding hydrogens is 466 g/mol.